The molecule has 2 N–H and O–H groups in total. The highest BCUT2D eigenvalue weighted by Crippen LogP contribution is 2.09. The third kappa shape index (κ3) is 7.09. The molecule has 5 heteroatoms. The number of nitrogens with one attached hydrogen (secondary N) is 2. The maximum absolute atomic E-state index is 13.5. The second-order valence-electron chi connectivity index (χ2n) is 4.76. The summed E-state index contributed by atoms with van der Waals surface area (Å²) < 4.78 is 18.8. The fourth-order valence-electron chi connectivity index (χ4n) is 1.77. The van der Waals surface area contributed by atoms with Crippen LogP contribution < -0.4 is 10.6 Å². The predicted octanol–water partition coefficient (Wildman–Crippen LogP) is 2.62. The molecule has 21 heavy (non-hydrogen) atoms. The van der Waals surface area contributed by atoms with Crippen molar-refractivity contribution in [1.29, 1.82) is 0 Å². The highest BCUT2D eigenvalue weighted by molar-refractivity contribution is 5.79. The van der Waals surface area contributed by atoms with Crippen molar-refractivity contribution in [3.63, 3.8) is 0 Å². The lowest BCUT2D eigenvalue weighted by Gasteiger charge is -2.11. The van der Waals surface area contributed by atoms with Gasteiger partial charge in [-0.1, -0.05) is 12.1 Å². The van der Waals surface area contributed by atoms with E-state index in [9.17, 15) is 4.39 Å². The smallest absolute Gasteiger partial charge is 0.191 e. The topological polar surface area (TPSA) is 45.7 Å². The van der Waals surface area contributed by atoms with E-state index in [0.717, 1.165) is 44.2 Å². The third-order valence-corrected chi connectivity index (χ3v) is 2.96. The molecular formula is C16H26FN3O. The maximum atomic E-state index is 13.5. The summed E-state index contributed by atoms with van der Waals surface area (Å²) in [6, 6.07) is 5.22. The molecule has 0 heterocycles. The highest BCUT2D eigenvalue weighted by Gasteiger charge is 2.00. The Kier molecular flexibility index (Phi) is 8.43. The van der Waals surface area contributed by atoms with Crippen molar-refractivity contribution in [3.05, 3.63) is 35.1 Å². The van der Waals surface area contributed by atoms with Gasteiger partial charge in [-0.3, -0.25) is 0 Å². The summed E-state index contributed by atoms with van der Waals surface area (Å²) in [4.78, 5) is 4.46. The van der Waals surface area contributed by atoms with E-state index in [1.165, 1.54) is 6.07 Å². The zero-order chi connectivity index (χ0) is 15.5. The van der Waals surface area contributed by atoms with Crippen LogP contribution in [0.2, 0.25) is 0 Å². The summed E-state index contributed by atoms with van der Waals surface area (Å²) in [5.41, 5.74) is 1.52. The van der Waals surface area contributed by atoms with Crippen LogP contribution in [0.25, 0.3) is 0 Å². The number of ether oxygens (including phenoxy) is 1. The lowest BCUT2D eigenvalue weighted by atomic mass is 10.1. The van der Waals surface area contributed by atoms with Crippen LogP contribution in [0.3, 0.4) is 0 Å². The predicted molar refractivity (Wildman–Crippen MR) is 85.1 cm³/mol. The number of halogens is 1. The van der Waals surface area contributed by atoms with Crippen molar-refractivity contribution in [2.75, 3.05) is 26.3 Å². The van der Waals surface area contributed by atoms with Gasteiger partial charge in [-0.2, -0.15) is 0 Å². The first kappa shape index (κ1) is 17.4. The van der Waals surface area contributed by atoms with Crippen molar-refractivity contribution in [2.45, 2.75) is 33.7 Å². The summed E-state index contributed by atoms with van der Waals surface area (Å²) in [7, 11) is 0. The number of hydrogen-bond donors (Lipinski definition) is 2. The molecule has 0 spiro atoms. The van der Waals surface area contributed by atoms with Crippen LogP contribution in [0.4, 0.5) is 4.39 Å². The van der Waals surface area contributed by atoms with Gasteiger partial charge in [0.05, 0.1) is 6.54 Å². The van der Waals surface area contributed by atoms with Crippen LogP contribution in [0.5, 0.6) is 0 Å². The van der Waals surface area contributed by atoms with Gasteiger partial charge in [-0.05, 0) is 44.4 Å². The highest BCUT2D eigenvalue weighted by atomic mass is 19.1. The molecule has 1 aromatic rings. The van der Waals surface area contributed by atoms with E-state index in [1.807, 2.05) is 19.9 Å². The summed E-state index contributed by atoms with van der Waals surface area (Å²) in [5, 5.41) is 6.42. The molecule has 0 aliphatic heterocycles. The first-order chi connectivity index (χ1) is 10.2. The maximum Gasteiger partial charge on any atom is 0.191 e. The third-order valence-electron chi connectivity index (χ3n) is 2.96. The molecule has 0 bridgehead atoms. The van der Waals surface area contributed by atoms with Gasteiger partial charge in [0.15, 0.2) is 5.96 Å². The molecule has 0 amide bonds. The number of guanidine groups is 1. The van der Waals surface area contributed by atoms with Gasteiger partial charge in [-0.15, -0.1) is 0 Å². The molecule has 118 valence electrons. The molecule has 1 rings (SSSR count). The fraction of sp³-hybridized carbons (Fsp3) is 0.562. The minimum absolute atomic E-state index is 0.183. The second kappa shape index (κ2) is 10.2. The fourth-order valence-corrected chi connectivity index (χ4v) is 1.77. The Morgan fingerprint density at radius 3 is 2.76 bits per heavy atom. The van der Waals surface area contributed by atoms with Crippen LogP contribution in [0.1, 0.15) is 31.4 Å². The first-order valence-corrected chi connectivity index (χ1v) is 7.52. The van der Waals surface area contributed by atoms with Gasteiger partial charge in [0, 0.05) is 26.3 Å². The zero-order valence-corrected chi connectivity index (χ0v) is 13.2. The Balaban J connectivity index is 2.48. The van der Waals surface area contributed by atoms with Gasteiger partial charge >= 0.3 is 0 Å². The van der Waals surface area contributed by atoms with E-state index in [-0.39, 0.29) is 5.82 Å². The average molecular weight is 295 g/mol. The average Bonchev–Trinajstić information content (AvgIpc) is 2.48. The van der Waals surface area contributed by atoms with E-state index in [0.29, 0.717) is 12.1 Å². The zero-order valence-electron chi connectivity index (χ0n) is 13.2. The monoisotopic (exact) mass is 295 g/mol. The standard InChI is InChI=1S/C16H26FN3O/c1-4-18-16(19-9-6-10-21-5-2)20-12-14-8-7-13(3)15(17)11-14/h7-8,11H,4-6,9-10,12H2,1-3H3,(H2,18,19,20). The number of aliphatic imine (C=N–C) groups is 1. The van der Waals surface area contributed by atoms with Gasteiger partial charge in [-0.25, -0.2) is 9.38 Å². The van der Waals surface area contributed by atoms with Crippen molar-refractivity contribution in [2.24, 2.45) is 4.99 Å². The van der Waals surface area contributed by atoms with E-state index < -0.39 is 0 Å². The molecule has 1 aromatic carbocycles. The van der Waals surface area contributed by atoms with Gasteiger partial charge < -0.3 is 15.4 Å². The van der Waals surface area contributed by atoms with Crippen LogP contribution in [0.15, 0.2) is 23.2 Å². The number of aryl methyl sites for hydroxylation is 1. The number of benzene rings is 1. The largest absolute Gasteiger partial charge is 0.382 e. The van der Waals surface area contributed by atoms with E-state index >= 15 is 0 Å². The molecule has 0 aromatic heterocycles. The molecule has 4 nitrogen and oxygen atoms in total. The summed E-state index contributed by atoms with van der Waals surface area (Å²) >= 11 is 0. The SMILES string of the molecule is CCNC(=NCc1ccc(C)c(F)c1)NCCCOCC. The lowest BCUT2D eigenvalue weighted by molar-refractivity contribution is 0.145. The first-order valence-electron chi connectivity index (χ1n) is 7.52. The second-order valence-corrected chi connectivity index (χ2v) is 4.76. The quantitative estimate of drug-likeness (QED) is 0.440. The van der Waals surface area contributed by atoms with Crippen LogP contribution in [-0.2, 0) is 11.3 Å². The molecule has 0 atom stereocenters. The van der Waals surface area contributed by atoms with Gasteiger partial charge in [0.1, 0.15) is 5.82 Å². The molecular weight excluding hydrogens is 269 g/mol. The van der Waals surface area contributed by atoms with E-state index in [1.54, 1.807) is 13.0 Å². The molecule has 0 radical (unpaired) electrons. The molecule has 0 fully saturated rings. The van der Waals surface area contributed by atoms with Crippen molar-refractivity contribution in [3.8, 4) is 0 Å². The Hall–Kier alpha value is -1.62. The van der Waals surface area contributed by atoms with E-state index in [2.05, 4.69) is 15.6 Å². The number of rotatable bonds is 8. The number of nitrogens with zero attached hydrogens (tertiary/aromatic N) is 1. The van der Waals surface area contributed by atoms with Gasteiger partial charge in [0.2, 0.25) is 0 Å². The van der Waals surface area contributed by atoms with Crippen LogP contribution in [-0.4, -0.2) is 32.3 Å². The summed E-state index contributed by atoms with van der Waals surface area (Å²) in [6.07, 6.45) is 0.928. The summed E-state index contributed by atoms with van der Waals surface area (Å²) in [6.45, 7) is 9.29. The van der Waals surface area contributed by atoms with Crippen molar-refractivity contribution >= 4 is 5.96 Å². The molecule has 0 aliphatic rings. The Bertz CT molecular complexity index is 449. The Morgan fingerprint density at radius 1 is 1.29 bits per heavy atom. The van der Waals surface area contributed by atoms with Crippen LogP contribution >= 0.6 is 0 Å². The number of hydrogen-bond acceptors (Lipinski definition) is 2. The van der Waals surface area contributed by atoms with Crippen molar-refractivity contribution in [1.82, 2.24) is 10.6 Å². The molecule has 0 unspecified atom stereocenters. The summed E-state index contributed by atoms with van der Waals surface area (Å²) in [5.74, 6) is 0.562. The minimum Gasteiger partial charge on any atom is -0.382 e. The molecule has 0 aliphatic carbocycles. The molecule has 0 saturated carbocycles. The normalized spacial score (nSPS) is 11.5. The lowest BCUT2D eigenvalue weighted by Crippen LogP contribution is -2.38. The van der Waals surface area contributed by atoms with Crippen LogP contribution in [0, 0.1) is 12.7 Å². The molecule has 0 saturated heterocycles. The van der Waals surface area contributed by atoms with E-state index in [4.69, 9.17) is 4.74 Å². The Morgan fingerprint density at radius 2 is 2.10 bits per heavy atom. The van der Waals surface area contributed by atoms with Gasteiger partial charge in [0.25, 0.3) is 0 Å². The Labute approximate surface area is 126 Å². The minimum atomic E-state index is -0.183. The van der Waals surface area contributed by atoms with Crippen molar-refractivity contribution < 1.29 is 9.13 Å².